The number of allylic oxidation sites excluding steroid dienone is 2. The predicted octanol–water partition coefficient (Wildman–Crippen LogP) is 1.69. The lowest BCUT2D eigenvalue weighted by Gasteiger charge is -1.92. The number of hydrogen-bond donors (Lipinski definition) is 0. The summed E-state index contributed by atoms with van der Waals surface area (Å²) in [7, 11) is 0. The fraction of sp³-hybridized carbons (Fsp3) is 0.444. The van der Waals surface area contributed by atoms with Crippen molar-refractivity contribution in [3.63, 3.8) is 0 Å². The minimum Gasteiger partial charge on any atom is -0.295 e. The molecule has 0 bridgehead atoms. The number of carbonyl (C=O) groups excluding carboxylic acids is 1. The highest BCUT2D eigenvalue weighted by Gasteiger charge is 2.10. The van der Waals surface area contributed by atoms with Crippen molar-refractivity contribution >= 4 is 5.78 Å². The smallest absolute Gasteiger partial charge is 0.155 e. The van der Waals surface area contributed by atoms with Gasteiger partial charge in [-0.3, -0.25) is 4.79 Å². The molecule has 0 aromatic rings. The van der Waals surface area contributed by atoms with Crippen LogP contribution in [-0.2, 0) is 4.79 Å². The molecule has 10 heavy (non-hydrogen) atoms. The van der Waals surface area contributed by atoms with Crippen LogP contribution < -0.4 is 0 Å². The average molecular weight is 134 g/mol. The number of hydrogen-bond acceptors (Lipinski definition) is 1. The van der Waals surface area contributed by atoms with Crippen LogP contribution in [0.4, 0.5) is 0 Å². The monoisotopic (exact) mass is 134 g/mol. The van der Waals surface area contributed by atoms with Crippen molar-refractivity contribution in [2.75, 3.05) is 0 Å². The van der Waals surface area contributed by atoms with Gasteiger partial charge in [-0.1, -0.05) is 5.57 Å². The Morgan fingerprint density at radius 1 is 1.60 bits per heavy atom. The molecule has 1 nitrogen and oxygen atoms in total. The maximum atomic E-state index is 10.7. The molecule has 1 heteroatoms. The van der Waals surface area contributed by atoms with Crippen LogP contribution >= 0.6 is 0 Å². The summed E-state index contributed by atoms with van der Waals surface area (Å²) in [6, 6.07) is 0. The van der Waals surface area contributed by atoms with Crippen molar-refractivity contribution < 1.29 is 4.79 Å². The van der Waals surface area contributed by atoms with Crippen LogP contribution in [0.2, 0.25) is 0 Å². The minimum atomic E-state index is 0.257. The summed E-state index contributed by atoms with van der Waals surface area (Å²) in [6.45, 7) is 0. The third-order valence-electron chi connectivity index (χ3n) is 1.65. The summed E-state index contributed by atoms with van der Waals surface area (Å²) in [5.41, 5.74) is 1.22. The first-order valence-electron chi connectivity index (χ1n) is 3.48. The zero-order chi connectivity index (χ0) is 7.40. The maximum Gasteiger partial charge on any atom is 0.155 e. The van der Waals surface area contributed by atoms with Crippen molar-refractivity contribution in [3.8, 4) is 12.3 Å². The molecule has 0 N–H and O–H groups in total. The van der Waals surface area contributed by atoms with E-state index in [1.807, 2.05) is 0 Å². The van der Waals surface area contributed by atoms with E-state index in [0.717, 1.165) is 19.3 Å². The number of carbonyl (C=O) groups is 1. The van der Waals surface area contributed by atoms with Crippen molar-refractivity contribution in [1.82, 2.24) is 0 Å². The first-order valence-corrected chi connectivity index (χ1v) is 3.48. The largest absolute Gasteiger partial charge is 0.295 e. The Balaban J connectivity index is 2.37. The van der Waals surface area contributed by atoms with Gasteiger partial charge in [-0.25, -0.2) is 0 Å². The minimum absolute atomic E-state index is 0.257. The van der Waals surface area contributed by atoms with E-state index < -0.39 is 0 Å². The summed E-state index contributed by atoms with van der Waals surface area (Å²) in [6.07, 6.45) is 10.1. The van der Waals surface area contributed by atoms with Crippen molar-refractivity contribution in [2.45, 2.75) is 25.7 Å². The third-order valence-corrected chi connectivity index (χ3v) is 1.65. The third kappa shape index (κ3) is 1.73. The predicted molar refractivity (Wildman–Crippen MR) is 40.4 cm³/mol. The Morgan fingerprint density at radius 3 is 2.90 bits per heavy atom. The second-order valence-electron chi connectivity index (χ2n) is 2.47. The van der Waals surface area contributed by atoms with Gasteiger partial charge in [0.25, 0.3) is 0 Å². The van der Waals surface area contributed by atoms with Gasteiger partial charge in [0.15, 0.2) is 5.78 Å². The van der Waals surface area contributed by atoms with Crippen molar-refractivity contribution in [3.05, 3.63) is 11.6 Å². The van der Waals surface area contributed by atoms with E-state index in [9.17, 15) is 4.79 Å². The van der Waals surface area contributed by atoms with Crippen molar-refractivity contribution in [1.29, 1.82) is 0 Å². The highest BCUT2D eigenvalue weighted by molar-refractivity contribution is 5.92. The van der Waals surface area contributed by atoms with E-state index in [0.29, 0.717) is 6.42 Å². The molecule has 1 aliphatic carbocycles. The second-order valence-corrected chi connectivity index (χ2v) is 2.47. The standard InChI is InChI=1S/C9H10O/c1-2-3-4-8-5-6-9(10)7-8/h1,7H,3-6H2. The lowest BCUT2D eigenvalue weighted by atomic mass is 10.1. The lowest BCUT2D eigenvalue weighted by molar-refractivity contribution is -0.114. The van der Waals surface area contributed by atoms with Gasteiger partial charge < -0.3 is 0 Å². The first-order chi connectivity index (χ1) is 4.83. The van der Waals surface area contributed by atoms with Gasteiger partial charge in [-0.15, -0.1) is 12.3 Å². The van der Waals surface area contributed by atoms with Crippen LogP contribution in [0.15, 0.2) is 11.6 Å². The van der Waals surface area contributed by atoms with Crippen LogP contribution in [0, 0.1) is 12.3 Å². The SMILES string of the molecule is C#CCCC1=CC(=O)CC1. The Kier molecular flexibility index (Phi) is 2.28. The molecule has 0 atom stereocenters. The fourth-order valence-corrected chi connectivity index (χ4v) is 1.09. The molecular formula is C9H10O. The normalized spacial score (nSPS) is 16.7. The Labute approximate surface area is 61.1 Å². The lowest BCUT2D eigenvalue weighted by Crippen LogP contribution is -1.80. The fourth-order valence-electron chi connectivity index (χ4n) is 1.09. The van der Waals surface area contributed by atoms with Crippen LogP contribution in [0.5, 0.6) is 0 Å². The zero-order valence-corrected chi connectivity index (χ0v) is 5.89. The molecule has 52 valence electrons. The van der Waals surface area contributed by atoms with Gasteiger partial charge >= 0.3 is 0 Å². The summed E-state index contributed by atoms with van der Waals surface area (Å²) in [5, 5.41) is 0. The summed E-state index contributed by atoms with van der Waals surface area (Å²) >= 11 is 0. The van der Waals surface area contributed by atoms with Crippen LogP contribution in [0.3, 0.4) is 0 Å². The highest BCUT2D eigenvalue weighted by atomic mass is 16.1. The first kappa shape index (κ1) is 7.08. The Hall–Kier alpha value is -1.03. The van der Waals surface area contributed by atoms with E-state index in [2.05, 4.69) is 5.92 Å². The molecular weight excluding hydrogens is 124 g/mol. The second kappa shape index (κ2) is 3.22. The molecule has 1 aliphatic rings. The number of rotatable bonds is 2. The van der Waals surface area contributed by atoms with Gasteiger partial charge in [0, 0.05) is 12.8 Å². The number of terminal acetylenes is 1. The molecule has 0 unspecified atom stereocenters. The molecule has 0 heterocycles. The Morgan fingerprint density at radius 2 is 2.40 bits per heavy atom. The van der Waals surface area contributed by atoms with Gasteiger partial charge in [0.2, 0.25) is 0 Å². The molecule has 0 amide bonds. The quantitative estimate of drug-likeness (QED) is 0.525. The van der Waals surface area contributed by atoms with E-state index in [1.54, 1.807) is 6.08 Å². The van der Waals surface area contributed by atoms with Gasteiger partial charge in [0.05, 0.1) is 0 Å². The highest BCUT2D eigenvalue weighted by Crippen LogP contribution is 2.18. The summed E-state index contributed by atoms with van der Waals surface area (Å²) in [4.78, 5) is 10.7. The van der Waals surface area contributed by atoms with E-state index in [4.69, 9.17) is 6.42 Å². The van der Waals surface area contributed by atoms with Gasteiger partial charge in [-0.05, 0) is 18.9 Å². The van der Waals surface area contributed by atoms with Crippen LogP contribution in [-0.4, -0.2) is 5.78 Å². The van der Waals surface area contributed by atoms with Crippen LogP contribution in [0.1, 0.15) is 25.7 Å². The molecule has 1 rings (SSSR count). The van der Waals surface area contributed by atoms with Crippen LogP contribution in [0.25, 0.3) is 0 Å². The summed E-state index contributed by atoms with van der Waals surface area (Å²) in [5.74, 6) is 2.81. The molecule has 0 fully saturated rings. The van der Waals surface area contributed by atoms with E-state index in [1.165, 1.54) is 5.57 Å². The molecule has 0 aliphatic heterocycles. The number of ketones is 1. The zero-order valence-electron chi connectivity index (χ0n) is 5.89. The Bertz CT molecular complexity index is 205. The molecule has 0 aromatic carbocycles. The van der Waals surface area contributed by atoms with Gasteiger partial charge in [-0.2, -0.15) is 0 Å². The molecule has 0 saturated heterocycles. The molecule has 0 spiro atoms. The molecule has 0 saturated carbocycles. The average Bonchev–Trinajstić information content (AvgIpc) is 2.31. The topological polar surface area (TPSA) is 17.1 Å². The van der Waals surface area contributed by atoms with E-state index in [-0.39, 0.29) is 5.78 Å². The van der Waals surface area contributed by atoms with E-state index >= 15 is 0 Å². The van der Waals surface area contributed by atoms with Crippen molar-refractivity contribution in [2.24, 2.45) is 0 Å². The summed E-state index contributed by atoms with van der Waals surface area (Å²) < 4.78 is 0. The molecule has 0 radical (unpaired) electrons. The van der Waals surface area contributed by atoms with Gasteiger partial charge in [0.1, 0.15) is 0 Å². The maximum absolute atomic E-state index is 10.7. The molecule has 0 aromatic heterocycles.